The monoisotopic (exact) mass is 213 g/mol. The number of nitrogen functional groups attached to an aromatic ring is 1. The molecule has 0 atom stereocenters. The summed E-state index contributed by atoms with van der Waals surface area (Å²) in [5.41, 5.74) is 7.82. The van der Waals surface area contributed by atoms with Crippen molar-refractivity contribution in [1.82, 2.24) is 9.97 Å². The Morgan fingerprint density at radius 2 is 2.00 bits per heavy atom. The standard InChI is InChI=1S/C10H16ClN3/c1-3-5-6-8-7(4-2)9(12)14-10(11)13-8/h3-6H2,1-2H3,(H2,12,13,14). The fourth-order valence-corrected chi connectivity index (χ4v) is 1.65. The van der Waals surface area contributed by atoms with E-state index in [1.165, 1.54) is 0 Å². The highest BCUT2D eigenvalue weighted by atomic mass is 35.5. The molecule has 0 radical (unpaired) electrons. The van der Waals surface area contributed by atoms with E-state index in [-0.39, 0.29) is 5.28 Å². The molecule has 1 aromatic rings. The van der Waals surface area contributed by atoms with Gasteiger partial charge in [-0.05, 0) is 30.9 Å². The molecule has 0 bridgehead atoms. The van der Waals surface area contributed by atoms with Crippen molar-refractivity contribution in [2.45, 2.75) is 39.5 Å². The molecule has 78 valence electrons. The van der Waals surface area contributed by atoms with Crippen molar-refractivity contribution < 1.29 is 0 Å². The third kappa shape index (κ3) is 2.58. The largest absolute Gasteiger partial charge is 0.383 e. The summed E-state index contributed by atoms with van der Waals surface area (Å²) in [6.07, 6.45) is 4.05. The Balaban J connectivity index is 2.99. The van der Waals surface area contributed by atoms with Crippen LogP contribution in [-0.2, 0) is 12.8 Å². The number of unbranched alkanes of at least 4 members (excludes halogenated alkanes) is 1. The van der Waals surface area contributed by atoms with Crippen LogP contribution in [0.3, 0.4) is 0 Å². The lowest BCUT2D eigenvalue weighted by molar-refractivity contribution is 0.763. The molecule has 1 heterocycles. The van der Waals surface area contributed by atoms with Crippen molar-refractivity contribution in [2.75, 3.05) is 5.73 Å². The summed E-state index contributed by atoms with van der Waals surface area (Å²) in [6, 6.07) is 0. The van der Waals surface area contributed by atoms with Gasteiger partial charge in [0.2, 0.25) is 5.28 Å². The van der Waals surface area contributed by atoms with Gasteiger partial charge in [-0.1, -0.05) is 20.3 Å². The zero-order chi connectivity index (χ0) is 10.6. The summed E-state index contributed by atoms with van der Waals surface area (Å²) < 4.78 is 0. The first-order valence-electron chi connectivity index (χ1n) is 4.99. The van der Waals surface area contributed by atoms with Gasteiger partial charge >= 0.3 is 0 Å². The lowest BCUT2D eigenvalue weighted by Crippen LogP contribution is -2.05. The maximum atomic E-state index is 5.77. The molecule has 0 saturated carbocycles. The molecule has 0 aliphatic carbocycles. The Labute approximate surface area is 89.7 Å². The SMILES string of the molecule is CCCCc1nc(Cl)nc(N)c1CC. The molecule has 2 N–H and O–H groups in total. The van der Waals surface area contributed by atoms with Gasteiger partial charge in [0.05, 0.1) is 5.69 Å². The molecule has 3 nitrogen and oxygen atoms in total. The number of anilines is 1. The van der Waals surface area contributed by atoms with E-state index in [0.29, 0.717) is 5.82 Å². The first-order valence-corrected chi connectivity index (χ1v) is 5.37. The summed E-state index contributed by atoms with van der Waals surface area (Å²) in [5, 5.41) is 0.255. The summed E-state index contributed by atoms with van der Waals surface area (Å²) in [5.74, 6) is 0.526. The van der Waals surface area contributed by atoms with Crippen LogP contribution in [0, 0.1) is 0 Å². The molecule has 14 heavy (non-hydrogen) atoms. The number of rotatable bonds is 4. The van der Waals surface area contributed by atoms with Crippen LogP contribution >= 0.6 is 11.6 Å². The van der Waals surface area contributed by atoms with Gasteiger partial charge < -0.3 is 5.73 Å². The zero-order valence-electron chi connectivity index (χ0n) is 8.68. The Morgan fingerprint density at radius 3 is 2.57 bits per heavy atom. The highest BCUT2D eigenvalue weighted by molar-refractivity contribution is 6.28. The lowest BCUT2D eigenvalue weighted by Gasteiger charge is -2.08. The highest BCUT2D eigenvalue weighted by Crippen LogP contribution is 2.18. The van der Waals surface area contributed by atoms with E-state index in [2.05, 4.69) is 23.8 Å². The van der Waals surface area contributed by atoms with Crippen LogP contribution in [0.4, 0.5) is 5.82 Å². The van der Waals surface area contributed by atoms with Crippen LogP contribution in [0.1, 0.15) is 37.9 Å². The lowest BCUT2D eigenvalue weighted by atomic mass is 10.1. The third-order valence-electron chi connectivity index (χ3n) is 2.22. The number of aromatic nitrogens is 2. The van der Waals surface area contributed by atoms with Crippen molar-refractivity contribution in [2.24, 2.45) is 0 Å². The van der Waals surface area contributed by atoms with Crippen LogP contribution in [0.25, 0.3) is 0 Å². The van der Waals surface area contributed by atoms with E-state index < -0.39 is 0 Å². The molecule has 4 heteroatoms. The molecule has 0 aliphatic heterocycles. The molecular weight excluding hydrogens is 198 g/mol. The average Bonchev–Trinajstić information content (AvgIpc) is 2.14. The molecule has 1 aromatic heterocycles. The minimum atomic E-state index is 0.255. The number of hydrogen-bond acceptors (Lipinski definition) is 3. The summed E-state index contributed by atoms with van der Waals surface area (Å²) in [4.78, 5) is 8.16. The van der Waals surface area contributed by atoms with Crippen LogP contribution in [0.15, 0.2) is 0 Å². The topological polar surface area (TPSA) is 51.8 Å². The summed E-state index contributed by atoms with van der Waals surface area (Å²) >= 11 is 5.76. The van der Waals surface area contributed by atoms with E-state index in [9.17, 15) is 0 Å². The van der Waals surface area contributed by atoms with Gasteiger partial charge in [-0.2, -0.15) is 0 Å². The van der Waals surface area contributed by atoms with Crippen LogP contribution in [-0.4, -0.2) is 9.97 Å². The Morgan fingerprint density at radius 1 is 1.29 bits per heavy atom. The molecule has 0 spiro atoms. The first kappa shape index (κ1) is 11.2. The predicted octanol–water partition coefficient (Wildman–Crippen LogP) is 2.62. The van der Waals surface area contributed by atoms with Crippen LogP contribution in [0.2, 0.25) is 5.28 Å². The van der Waals surface area contributed by atoms with E-state index in [0.717, 1.165) is 36.9 Å². The Hall–Kier alpha value is -0.830. The van der Waals surface area contributed by atoms with Crippen molar-refractivity contribution in [3.05, 3.63) is 16.5 Å². The quantitative estimate of drug-likeness (QED) is 0.783. The van der Waals surface area contributed by atoms with E-state index in [4.69, 9.17) is 17.3 Å². The Kier molecular flexibility index (Phi) is 4.14. The van der Waals surface area contributed by atoms with Crippen molar-refractivity contribution in [1.29, 1.82) is 0 Å². The fourth-order valence-electron chi connectivity index (χ4n) is 1.45. The number of aryl methyl sites for hydroxylation is 1. The van der Waals surface area contributed by atoms with Gasteiger partial charge in [0, 0.05) is 5.56 Å². The minimum absolute atomic E-state index is 0.255. The maximum Gasteiger partial charge on any atom is 0.224 e. The molecule has 0 amide bonds. The zero-order valence-corrected chi connectivity index (χ0v) is 9.43. The Bertz CT molecular complexity index is 312. The number of hydrogen-bond donors (Lipinski definition) is 1. The fraction of sp³-hybridized carbons (Fsp3) is 0.600. The van der Waals surface area contributed by atoms with Crippen molar-refractivity contribution in [3.8, 4) is 0 Å². The average molecular weight is 214 g/mol. The molecule has 0 aliphatic rings. The second kappa shape index (κ2) is 5.15. The van der Waals surface area contributed by atoms with Gasteiger partial charge in [-0.3, -0.25) is 0 Å². The van der Waals surface area contributed by atoms with E-state index in [1.807, 2.05) is 0 Å². The van der Waals surface area contributed by atoms with E-state index >= 15 is 0 Å². The molecular formula is C10H16ClN3. The van der Waals surface area contributed by atoms with Gasteiger partial charge in [-0.15, -0.1) is 0 Å². The number of nitrogens with two attached hydrogens (primary N) is 1. The molecule has 0 fully saturated rings. The number of nitrogens with zero attached hydrogens (tertiary/aromatic N) is 2. The summed E-state index contributed by atoms with van der Waals surface area (Å²) in [7, 11) is 0. The second-order valence-corrected chi connectivity index (χ2v) is 3.60. The van der Waals surface area contributed by atoms with Crippen LogP contribution in [0.5, 0.6) is 0 Å². The van der Waals surface area contributed by atoms with Gasteiger partial charge in [-0.25, -0.2) is 9.97 Å². The van der Waals surface area contributed by atoms with Gasteiger partial charge in [0.15, 0.2) is 0 Å². The predicted molar refractivity (Wildman–Crippen MR) is 59.4 cm³/mol. The normalized spacial score (nSPS) is 10.5. The van der Waals surface area contributed by atoms with Crippen LogP contribution < -0.4 is 5.73 Å². The minimum Gasteiger partial charge on any atom is -0.383 e. The molecule has 0 saturated heterocycles. The van der Waals surface area contributed by atoms with Crippen molar-refractivity contribution >= 4 is 17.4 Å². The molecule has 0 aromatic carbocycles. The van der Waals surface area contributed by atoms with E-state index in [1.54, 1.807) is 0 Å². The first-order chi connectivity index (χ1) is 6.69. The number of halogens is 1. The highest BCUT2D eigenvalue weighted by Gasteiger charge is 2.09. The smallest absolute Gasteiger partial charge is 0.224 e. The van der Waals surface area contributed by atoms with Gasteiger partial charge in [0.1, 0.15) is 5.82 Å². The van der Waals surface area contributed by atoms with Gasteiger partial charge in [0.25, 0.3) is 0 Å². The van der Waals surface area contributed by atoms with Crippen molar-refractivity contribution in [3.63, 3.8) is 0 Å². The molecule has 1 rings (SSSR count). The maximum absolute atomic E-state index is 5.77. The third-order valence-corrected chi connectivity index (χ3v) is 2.39. The summed E-state index contributed by atoms with van der Waals surface area (Å²) in [6.45, 7) is 4.20. The molecule has 0 unspecified atom stereocenters. The second-order valence-electron chi connectivity index (χ2n) is 3.26.